The smallest absolute Gasteiger partial charge is 0.338 e. The molecule has 142 valence electrons. The average molecular weight is 373 g/mol. The van der Waals surface area contributed by atoms with E-state index in [0.717, 1.165) is 22.3 Å². The van der Waals surface area contributed by atoms with Crippen molar-refractivity contribution < 1.29 is 14.3 Å². The minimum Gasteiger partial charge on any atom is -0.462 e. The quantitative estimate of drug-likeness (QED) is 0.617. The number of rotatable bonds is 6. The second kappa shape index (κ2) is 9.00. The van der Waals surface area contributed by atoms with E-state index >= 15 is 0 Å². The van der Waals surface area contributed by atoms with E-state index in [1.807, 2.05) is 49.4 Å². The van der Waals surface area contributed by atoms with Crippen LogP contribution >= 0.6 is 0 Å². The maximum absolute atomic E-state index is 12.5. The maximum Gasteiger partial charge on any atom is 0.338 e. The lowest BCUT2D eigenvalue weighted by atomic mass is 10.0. The number of carbonyl (C=O) groups is 2. The van der Waals surface area contributed by atoms with E-state index < -0.39 is 5.97 Å². The normalized spacial score (nSPS) is 10.4. The number of esters is 1. The average Bonchev–Trinajstić information content (AvgIpc) is 2.71. The lowest BCUT2D eigenvalue weighted by Gasteiger charge is -2.11. The van der Waals surface area contributed by atoms with Crippen molar-refractivity contribution in [3.63, 3.8) is 0 Å². The van der Waals surface area contributed by atoms with Gasteiger partial charge in [-0.25, -0.2) is 4.79 Å². The predicted molar refractivity (Wildman–Crippen MR) is 111 cm³/mol. The topological polar surface area (TPSA) is 55.4 Å². The summed E-state index contributed by atoms with van der Waals surface area (Å²) in [5, 5.41) is 2.90. The highest BCUT2D eigenvalue weighted by atomic mass is 16.5. The Bertz CT molecular complexity index is 963. The molecule has 3 aromatic carbocycles. The Kier molecular flexibility index (Phi) is 6.22. The number of anilines is 1. The van der Waals surface area contributed by atoms with E-state index in [1.165, 1.54) is 0 Å². The Labute approximate surface area is 165 Å². The zero-order valence-electron chi connectivity index (χ0n) is 16.1. The van der Waals surface area contributed by atoms with Gasteiger partial charge in [-0.2, -0.15) is 0 Å². The maximum atomic E-state index is 12.5. The minimum atomic E-state index is -0.394. The van der Waals surface area contributed by atoms with Crippen LogP contribution in [-0.2, 0) is 16.0 Å². The number of hydrogen-bond donors (Lipinski definition) is 1. The first kappa shape index (κ1) is 19.4. The third-order valence-corrected chi connectivity index (χ3v) is 4.45. The van der Waals surface area contributed by atoms with E-state index in [4.69, 9.17) is 4.74 Å². The predicted octanol–water partition coefficient (Wildman–Crippen LogP) is 5.02. The Hall–Kier alpha value is -3.40. The van der Waals surface area contributed by atoms with Crippen LogP contribution in [-0.4, -0.2) is 18.5 Å². The Morgan fingerprint density at radius 1 is 0.893 bits per heavy atom. The van der Waals surface area contributed by atoms with Gasteiger partial charge in [0.1, 0.15) is 0 Å². The molecule has 0 saturated carbocycles. The largest absolute Gasteiger partial charge is 0.462 e. The molecule has 1 amide bonds. The van der Waals surface area contributed by atoms with Crippen LogP contribution in [0.5, 0.6) is 0 Å². The number of aryl methyl sites for hydroxylation is 1. The highest BCUT2D eigenvalue weighted by Gasteiger charge is 2.11. The van der Waals surface area contributed by atoms with Gasteiger partial charge in [-0.1, -0.05) is 60.7 Å². The summed E-state index contributed by atoms with van der Waals surface area (Å²) in [7, 11) is 0. The molecule has 3 aromatic rings. The van der Waals surface area contributed by atoms with Gasteiger partial charge in [-0.05, 0) is 48.2 Å². The van der Waals surface area contributed by atoms with Crippen LogP contribution in [0.2, 0.25) is 0 Å². The fraction of sp³-hybridized carbons (Fsp3) is 0.167. The number of ether oxygens (including phenoxy) is 1. The Morgan fingerprint density at radius 2 is 1.57 bits per heavy atom. The van der Waals surface area contributed by atoms with Gasteiger partial charge in [0, 0.05) is 5.69 Å². The van der Waals surface area contributed by atoms with Gasteiger partial charge < -0.3 is 10.1 Å². The minimum absolute atomic E-state index is 0.128. The first-order valence-electron chi connectivity index (χ1n) is 9.29. The third kappa shape index (κ3) is 4.86. The van der Waals surface area contributed by atoms with Crippen LogP contribution < -0.4 is 5.32 Å². The molecule has 0 aliphatic heterocycles. The van der Waals surface area contributed by atoms with Gasteiger partial charge in [0.2, 0.25) is 5.91 Å². The summed E-state index contributed by atoms with van der Waals surface area (Å²) in [6, 6.07) is 23.2. The number of nitrogens with one attached hydrogen (secondary N) is 1. The van der Waals surface area contributed by atoms with E-state index in [-0.39, 0.29) is 12.3 Å². The molecule has 0 unspecified atom stereocenters. The van der Waals surface area contributed by atoms with E-state index in [2.05, 4.69) is 17.4 Å². The van der Waals surface area contributed by atoms with Crippen LogP contribution in [0, 0.1) is 6.92 Å². The summed E-state index contributed by atoms with van der Waals surface area (Å²) < 4.78 is 5.02. The second-order valence-electron chi connectivity index (χ2n) is 6.54. The van der Waals surface area contributed by atoms with Gasteiger partial charge >= 0.3 is 5.97 Å². The van der Waals surface area contributed by atoms with Crippen LogP contribution in [0.15, 0.2) is 72.8 Å². The summed E-state index contributed by atoms with van der Waals surface area (Å²) in [6.07, 6.45) is 0.262. The molecular formula is C24H23NO3. The molecule has 0 aromatic heterocycles. The zero-order valence-corrected chi connectivity index (χ0v) is 16.1. The van der Waals surface area contributed by atoms with Gasteiger partial charge in [-0.15, -0.1) is 0 Å². The molecule has 0 spiro atoms. The fourth-order valence-corrected chi connectivity index (χ4v) is 2.92. The van der Waals surface area contributed by atoms with Crippen molar-refractivity contribution in [3.8, 4) is 11.1 Å². The number of amides is 1. The van der Waals surface area contributed by atoms with Crippen molar-refractivity contribution in [2.24, 2.45) is 0 Å². The van der Waals surface area contributed by atoms with Crippen molar-refractivity contribution in [1.82, 2.24) is 0 Å². The van der Waals surface area contributed by atoms with Crippen molar-refractivity contribution >= 4 is 17.6 Å². The molecule has 0 fully saturated rings. The highest BCUT2D eigenvalue weighted by Crippen LogP contribution is 2.21. The first-order chi connectivity index (χ1) is 13.6. The number of hydrogen-bond acceptors (Lipinski definition) is 3. The molecule has 3 rings (SSSR count). The lowest BCUT2D eigenvalue weighted by molar-refractivity contribution is -0.115. The van der Waals surface area contributed by atoms with Crippen LogP contribution in [0.4, 0.5) is 5.69 Å². The van der Waals surface area contributed by atoms with Crippen molar-refractivity contribution in [1.29, 1.82) is 0 Å². The summed E-state index contributed by atoms with van der Waals surface area (Å²) in [6.45, 7) is 3.96. The van der Waals surface area contributed by atoms with E-state index in [0.29, 0.717) is 17.9 Å². The zero-order chi connectivity index (χ0) is 19.9. The molecule has 28 heavy (non-hydrogen) atoms. The number of benzene rings is 3. The monoisotopic (exact) mass is 373 g/mol. The van der Waals surface area contributed by atoms with Crippen molar-refractivity contribution in [3.05, 3.63) is 89.5 Å². The van der Waals surface area contributed by atoms with Crippen molar-refractivity contribution in [2.75, 3.05) is 11.9 Å². The molecular weight excluding hydrogens is 350 g/mol. The second-order valence-corrected chi connectivity index (χ2v) is 6.54. The van der Waals surface area contributed by atoms with Gasteiger partial charge in [0.25, 0.3) is 0 Å². The molecule has 0 atom stereocenters. The number of carbonyl (C=O) groups excluding carboxylic acids is 2. The Morgan fingerprint density at radius 3 is 2.25 bits per heavy atom. The molecule has 0 saturated heterocycles. The van der Waals surface area contributed by atoms with Crippen LogP contribution in [0.1, 0.15) is 28.4 Å². The van der Waals surface area contributed by atoms with E-state index in [9.17, 15) is 9.59 Å². The summed E-state index contributed by atoms with van der Waals surface area (Å²) in [5.74, 6) is -0.522. The summed E-state index contributed by atoms with van der Waals surface area (Å²) in [5.41, 5.74) is 5.12. The molecule has 4 nitrogen and oxygen atoms in total. The molecule has 0 bridgehead atoms. The van der Waals surface area contributed by atoms with Gasteiger partial charge in [0.05, 0.1) is 18.6 Å². The van der Waals surface area contributed by atoms with E-state index in [1.54, 1.807) is 25.1 Å². The Balaban J connectivity index is 1.67. The van der Waals surface area contributed by atoms with Crippen molar-refractivity contribution in [2.45, 2.75) is 20.3 Å². The molecule has 0 radical (unpaired) electrons. The van der Waals surface area contributed by atoms with Gasteiger partial charge in [-0.3, -0.25) is 4.79 Å². The first-order valence-corrected chi connectivity index (χ1v) is 9.29. The molecule has 4 heteroatoms. The lowest BCUT2D eigenvalue weighted by Crippen LogP contribution is -2.16. The third-order valence-electron chi connectivity index (χ3n) is 4.45. The molecule has 0 aliphatic rings. The fourth-order valence-electron chi connectivity index (χ4n) is 2.92. The van der Waals surface area contributed by atoms with Gasteiger partial charge in [0.15, 0.2) is 0 Å². The molecule has 0 aliphatic carbocycles. The molecule has 1 N–H and O–H groups in total. The highest BCUT2D eigenvalue weighted by molar-refractivity contribution is 5.96. The summed E-state index contributed by atoms with van der Waals surface area (Å²) >= 11 is 0. The van der Waals surface area contributed by atoms with Crippen LogP contribution in [0.3, 0.4) is 0 Å². The molecule has 0 heterocycles. The standard InChI is InChI=1S/C24H23NO3/c1-3-28-24(27)21-12-9-17(2)22(16-21)25-23(26)15-18-10-13-20(14-11-18)19-7-5-4-6-8-19/h4-14,16H,3,15H2,1-2H3,(H,25,26). The SMILES string of the molecule is CCOC(=O)c1ccc(C)c(NC(=O)Cc2ccc(-c3ccccc3)cc2)c1. The summed E-state index contributed by atoms with van der Waals surface area (Å²) in [4.78, 5) is 24.4. The van der Waals surface area contributed by atoms with Crippen LogP contribution in [0.25, 0.3) is 11.1 Å².